The highest BCUT2D eigenvalue weighted by Gasteiger charge is 2.43. The Bertz CT molecular complexity index is 1020. The zero-order chi connectivity index (χ0) is 22.1. The molecule has 2 aliphatic heterocycles. The van der Waals surface area contributed by atoms with Gasteiger partial charge >= 0.3 is 0 Å². The lowest BCUT2D eigenvalue weighted by molar-refractivity contribution is -0.121. The van der Waals surface area contributed by atoms with Crippen LogP contribution in [0.25, 0.3) is 5.57 Å². The van der Waals surface area contributed by atoms with Gasteiger partial charge in [0, 0.05) is 13.1 Å². The van der Waals surface area contributed by atoms with Gasteiger partial charge < -0.3 is 14.4 Å². The summed E-state index contributed by atoms with van der Waals surface area (Å²) in [7, 11) is 0. The van der Waals surface area contributed by atoms with Crippen LogP contribution >= 0.6 is 0 Å². The second kappa shape index (κ2) is 8.55. The lowest BCUT2D eigenvalue weighted by Gasteiger charge is -2.37. The molecule has 31 heavy (non-hydrogen) atoms. The van der Waals surface area contributed by atoms with E-state index in [9.17, 15) is 9.59 Å². The molecule has 2 amide bonds. The molecule has 0 spiro atoms. The number of benzene rings is 2. The Morgan fingerprint density at radius 3 is 2.29 bits per heavy atom. The van der Waals surface area contributed by atoms with Gasteiger partial charge in [0.2, 0.25) is 0 Å². The fourth-order valence-electron chi connectivity index (χ4n) is 4.32. The van der Waals surface area contributed by atoms with Gasteiger partial charge in [-0.05, 0) is 63.1 Å². The Morgan fingerprint density at radius 1 is 1.00 bits per heavy atom. The van der Waals surface area contributed by atoms with Gasteiger partial charge in [0.1, 0.15) is 11.4 Å². The monoisotopic (exact) mass is 420 g/mol. The number of hydrogen-bond acceptors (Lipinski definition) is 5. The summed E-state index contributed by atoms with van der Waals surface area (Å²) < 4.78 is 11.4. The average Bonchev–Trinajstić information content (AvgIpc) is 2.98. The zero-order valence-electron chi connectivity index (χ0n) is 18.4. The molecule has 2 aromatic rings. The predicted molar refractivity (Wildman–Crippen MR) is 120 cm³/mol. The molecular formula is C25H28N2O4. The topological polar surface area (TPSA) is 59.1 Å². The van der Waals surface area contributed by atoms with Crippen molar-refractivity contribution in [2.75, 3.05) is 24.6 Å². The normalized spacial score (nSPS) is 21.8. The Balaban J connectivity index is 1.80. The van der Waals surface area contributed by atoms with E-state index < -0.39 is 0 Å². The molecule has 4 rings (SSSR count). The molecule has 1 saturated heterocycles. The third kappa shape index (κ3) is 4.08. The van der Waals surface area contributed by atoms with Crippen molar-refractivity contribution < 1.29 is 19.1 Å². The van der Waals surface area contributed by atoms with Crippen LogP contribution in [0.5, 0.6) is 5.75 Å². The van der Waals surface area contributed by atoms with Crippen LogP contribution in [0.2, 0.25) is 0 Å². The number of rotatable bonds is 5. The number of amides is 2. The first-order valence-corrected chi connectivity index (χ1v) is 10.7. The molecule has 0 N–H and O–H groups in total. The highest BCUT2D eigenvalue weighted by Crippen LogP contribution is 2.36. The molecule has 2 heterocycles. The highest BCUT2D eigenvalue weighted by molar-refractivity contribution is 6.45. The first-order valence-electron chi connectivity index (χ1n) is 10.7. The first kappa shape index (κ1) is 21.1. The van der Waals surface area contributed by atoms with Gasteiger partial charge in [0.25, 0.3) is 11.8 Å². The van der Waals surface area contributed by atoms with Gasteiger partial charge in [-0.3, -0.25) is 9.59 Å². The van der Waals surface area contributed by atoms with Gasteiger partial charge in [-0.2, -0.15) is 0 Å². The lowest BCUT2D eigenvalue weighted by Crippen LogP contribution is -2.47. The SMILES string of the molecule is CCOc1ccc(C2=C(N3CC(C)OC(C)C3)C(=O)N(c3cccc(C)c3)C2=O)cc1. The van der Waals surface area contributed by atoms with E-state index in [2.05, 4.69) is 0 Å². The number of ether oxygens (including phenoxy) is 2. The Labute approximate surface area is 183 Å². The predicted octanol–water partition coefficient (Wildman–Crippen LogP) is 3.79. The smallest absolute Gasteiger partial charge is 0.282 e. The summed E-state index contributed by atoms with van der Waals surface area (Å²) in [6, 6.07) is 14.8. The maximum Gasteiger partial charge on any atom is 0.282 e. The van der Waals surface area contributed by atoms with E-state index in [1.165, 1.54) is 4.90 Å². The minimum absolute atomic E-state index is 0.0336. The number of carbonyl (C=O) groups excluding carboxylic acids is 2. The van der Waals surface area contributed by atoms with Crippen LogP contribution < -0.4 is 9.64 Å². The second-order valence-corrected chi connectivity index (χ2v) is 8.13. The van der Waals surface area contributed by atoms with Crippen LogP contribution in [-0.4, -0.2) is 48.6 Å². The van der Waals surface area contributed by atoms with E-state index in [-0.39, 0.29) is 24.0 Å². The summed E-state index contributed by atoms with van der Waals surface area (Å²) >= 11 is 0. The van der Waals surface area contributed by atoms with Crippen LogP contribution in [0.15, 0.2) is 54.2 Å². The average molecular weight is 421 g/mol. The molecule has 0 radical (unpaired) electrons. The molecule has 0 aromatic heterocycles. The Kier molecular flexibility index (Phi) is 5.83. The summed E-state index contributed by atoms with van der Waals surface area (Å²) in [5.74, 6) is 0.136. The van der Waals surface area contributed by atoms with Crippen molar-refractivity contribution in [2.24, 2.45) is 0 Å². The molecule has 2 atom stereocenters. The van der Waals surface area contributed by atoms with E-state index >= 15 is 0 Å². The molecule has 0 aliphatic carbocycles. The van der Waals surface area contributed by atoms with E-state index in [1.807, 2.05) is 75.1 Å². The molecule has 6 nitrogen and oxygen atoms in total. The molecule has 2 unspecified atom stereocenters. The van der Waals surface area contributed by atoms with Crippen LogP contribution in [0.4, 0.5) is 5.69 Å². The van der Waals surface area contributed by atoms with Crippen LogP contribution in [-0.2, 0) is 14.3 Å². The summed E-state index contributed by atoms with van der Waals surface area (Å²) in [5, 5.41) is 0. The van der Waals surface area contributed by atoms with Gasteiger partial charge in [0.05, 0.1) is 30.1 Å². The van der Waals surface area contributed by atoms with Gasteiger partial charge in [-0.1, -0.05) is 24.3 Å². The molecule has 2 aromatic carbocycles. The van der Waals surface area contributed by atoms with E-state index in [0.717, 1.165) is 11.3 Å². The van der Waals surface area contributed by atoms with Crippen molar-refractivity contribution in [1.82, 2.24) is 4.90 Å². The van der Waals surface area contributed by atoms with Crippen LogP contribution in [0, 0.1) is 6.92 Å². The summed E-state index contributed by atoms with van der Waals surface area (Å²) in [5.41, 5.74) is 3.15. The fraction of sp³-hybridized carbons (Fsp3) is 0.360. The molecule has 0 saturated carbocycles. The highest BCUT2D eigenvalue weighted by atomic mass is 16.5. The Morgan fingerprint density at radius 2 is 1.68 bits per heavy atom. The van der Waals surface area contributed by atoms with Crippen molar-refractivity contribution in [1.29, 1.82) is 0 Å². The van der Waals surface area contributed by atoms with Gasteiger partial charge in [-0.15, -0.1) is 0 Å². The van der Waals surface area contributed by atoms with E-state index in [4.69, 9.17) is 9.47 Å². The van der Waals surface area contributed by atoms with Crippen molar-refractivity contribution in [2.45, 2.75) is 39.9 Å². The zero-order valence-corrected chi connectivity index (χ0v) is 18.4. The minimum atomic E-state index is -0.304. The number of carbonyl (C=O) groups is 2. The van der Waals surface area contributed by atoms with Gasteiger partial charge in [-0.25, -0.2) is 4.90 Å². The second-order valence-electron chi connectivity index (χ2n) is 8.13. The van der Waals surface area contributed by atoms with Crippen molar-refractivity contribution in [3.05, 3.63) is 65.4 Å². The maximum absolute atomic E-state index is 13.6. The maximum atomic E-state index is 13.6. The number of imide groups is 1. The van der Waals surface area contributed by atoms with Gasteiger partial charge in [0.15, 0.2) is 0 Å². The standard InChI is InChI=1S/C25H28N2O4/c1-5-30-21-11-9-19(10-12-21)22-23(26-14-17(3)31-18(4)15-26)25(29)27(24(22)28)20-8-6-7-16(2)13-20/h6-13,17-18H,5,14-15H2,1-4H3. The number of morpholine rings is 1. The minimum Gasteiger partial charge on any atom is -0.494 e. The fourth-order valence-corrected chi connectivity index (χ4v) is 4.32. The van der Waals surface area contributed by atoms with Crippen molar-refractivity contribution in [3.8, 4) is 5.75 Å². The molecular weight excluding hydrogens is 392 g/mol. The van der Waals surface area contributed by atoms with E-state index in [1.54, 1.807) is 6.07 Å². The summed E-state index contributed by atoms with van der Waals surface area (Å²) in [6.07, 6.45) is -0.0671. The third-order valence-electron chi connectivity index (χ3n) is 5.51. The largest absolute Gasteiger partial charge is 0.494 e. The Hall–Kier alpha value is -3.12. The first-order chi connectivity index (χ1) is 14.9. The number of nitrogens with zero attached hydrogens (tertiary/aromatic N) is 2. The molecule has 162 valence electrons. The molecule has 6 heteroatoms. The summed E-state index contributed by atoms with van der Waals surface area (Å²) in [6.45, 7) is 9.52. The van der Waals surface area contributed by atoms with Crippen LogP contribution in [0.1, 0.15) is 31.9 Å². The molecule has 0 bridgehead atoms. The van der Waals surface area contributed by atoms with Crippen molar-refractivity contribution >= 4 is 23.1 Å². The number of hydrogen-bond donors (Lipinski definition) is 0. The third-order valence-corrected chi connectivity index (χ3v) is 5.51. The van der Waals surface area contributed by atoms with Crippen molar-refractivity contribution in [3.63, 3.8) is 0 Å². The van der Waals surface area contributed by atoms with E-state index in [0.29, 0.717) is 42.2 Å². The summed E-state index contributed by atoms with van der Waals surface area (Å²) in [4.78, 5) is 30.5. The number of aryl methyl sites for hydroxylation is 1. The van der Waals surface area contributed by atoms with Crippen LogP contribution in [0.3, 0.4) is 0 Å². The molecule has 2 aliphatic rings. The quantitative estimate of drug-likeness (QED) is 0.689. The lowest BCUT2D eigenvalue weighted by atomic mass is 10.0. The molecule has 1 fully saturated rings. The number of anilines is 1.